The summed E-state index contributed by atoms with van der Waals surface area (Å²) in [4.78, 5) is 18.9. The molecular weight excluding hydrogens is 366 g/mol. The fourth-order valence-electron chi connectivity index (χ4n) is 4.43. The van der Waals surface area contributed by atoms with Crippen LogP contribution in [0.15, 0.2) is 29.4 Å². The summed E-state index contributed by atoms with van der Waals surface area (Å²) in [6.07, 6.45) is 7.81. The monoisotopic (exact) mass is 393 g/mol. The first-order valence-electron chi connectivity index (χ1n) is 10.5. The number of hydrogen-bond acceptors (Lipinski definition) is 7. The highest BCUT2D eigenvalue weighted by molar-refractivity contribution is 6.01. The van der Waals surface area contributed by atoms with E-state index in [4.69, 9.17) is 9.72 Å². The van der Waals surface area contributed by atoms with Crippen molar-refractivity contribution in [2.45, 2.75) is 12.8 Å². The minimum absolute atomic E-state index is 0.284. The number of pyridine rings is 2. The number of ether oxygens (including phenoxy) is 1. The highest BCUT2D eigenvalue weighted by atomic mass is 16.5. The molecule has 2 aromatic heterocycles. The molecule has 2 saturated heterocycles. The molecule has 0 amide bonds. The van der Waals surface area contributed by atoms with Gasteiger partial charge >= 0.3 is 0 Å². The Morgan fingerprint density at radius 2 is 1.93 bits per heavy atom. The number of morpholine rings is 1. The molecule has 29 heavy (non-hydrogen) atoms. The number of anilines is 2. The number of fused-ring (bicyclic) bond motifs is 1. The fraction of sp³-hybridized carbons (Fsp3) is 0.500. The zero-order valence-corrected chi connectivity index (χ0v) is 16.6. The number of aliphatic imine (C=N–C) groups is 1. The molecule has 3 aliphatic rings. The smallest absolute Gasteiger partial charge is 0.131 e. The summed E-state index contributed by atoms with van der Waals surface area (Å²) < 4.78 is 5.54. The first-order valence-corrected chi connectivity index (χ1v) is 10.5. The molecule has 7 nitrogen and oxygen atoms in total. The van der Waals surface area contributed by atoms with E-state index in [-0.39, 0.29) is 6.61 Å². The van der Waals surface area contributed by atoms with E-state index in [0.29, 0.717) is 12.5 Å². The first-order chi connectivity index (χ1) is 14.3. The fourth-order valence-corrected chi connectivity index (χ4v) is 4.43. The van der Waals surface area contributed by atoms with Crippen LogP contribution in [0.4, 0.5) is 11.5 Å². The Labute approximate surface area is 170 Å². The second kappa shape index (κ2) is 8.08. The number of hydrogen-bond donors (Lipinski definition) is 1. The van der Waals surface area contributed by atoms with Crippen molar-refractivity contribution in [3.05, 3.63) is 30.1 Å². The maximum Gasteiger partial charge on any atom is 0.131 e. The third-order valence-corrected chi connectivity index (χ3v) is 6.19. The summed E-state index contributed by atoms with van der Waals surface area (Å²) in [6, 6.07) is 4.31. The van der Waals surface area contributed by atoms with E-state index in [2.05, 4.69) is 31.9 Å². The van der Waals surface area contributed by atoms with Gasteiger partial charge in [-0.15, -0.1) is 0 Å². The van der Waals surface area contributed by atoms with Gasteiger partial charge in [0.15, 0.2) is 0 Å². The van der Waals surface area contributed by atoms with Crippen LogP contribution in [0.5, 0.6) is 0 Å². The number of rotatable bonds is 4. The van der Waals surface area contributed by atoms with Crippen LogP contribution in [0.1, 0.15) is 18.5 Å². The van der Waals surface area contributed by atoms with E-state index in [0.717, 1.165) is 80.2 Å². The lowest BCUT2D eigenvalue weighted by molar-refractivity contribution is 0.122. The van der Waals surface area contributed by atoms with E-state index < -0.39 is 0 Å². The van der Waals surface area contributed by atoms with Crippen LogP contribution in [0.25, 0.3) is 16.5 Å². The van der Waals surface area contributed by atoms with E-state index >= 15 is 0 Å². The van der Waals surface area contributed by atoms with E-state index in [9.17, 15) is 5.11 Å². The molecule has 3 aliphatic heterocycles. The third-order valence-electron chi connectivity index (χ3n) is 6.19. The van der Waals surface area contributed by atoms with Gasteiger partial charge in [0.2, 0.25) is 0 Å². The minimum Gasteiger partial charge on any atom is -0.396 e. The molecule has 0 unspecified atom stereocenters. The Bertz CT molecular complexity index is 944. The lowest BCUT2D eigenvalue weighted by Gasteiger charge is -2.35. The van der Waals surface area contributed by atoms with Crippen molar-refractivity contribution < 1.29 is 9.84 Å². The molecule has 0 saturated carbocycles. The molecule has 7 heteroatoms. The van der Waals surface area contributed by atoms with Gasteiger partial charge in [0.1, 0.15) is 11.3 Å². The lowest BCUT2D eigenvalue weighted by atomic mass is 9.97. The van der Waals surface area contributed by atoms with Gasteiger partial charge in [-0.05, 0) is 30.9 Å². The molecule has 0 radical (unpaired) electrons. The Hall–Kier alpha value is -2.51. The van der Waals surface area contributed by atoms with Crippen molar-refractivity contribution in [2.24, 2.45) is 10.9 Å². The van der Waals surface area contributed by atoms with Crippen LogP contribution < -0.4 is 9.80 Å². The molecule has 0 atom stereocenters. The van der Waals surface area contributed by atoms with Gasteiger partial charge in [0.05, 0.1) is 25.5 Å². The number of aliphatic hydroxyl groups is 1. The van der Waals surface area contributed by atoms with Crippen LogP contribution in [-0.4, -0.2) is 73.8 Å². The van der Waals surface area contributed by atoms with Crippen LogP contribution in [0.2, 0.25) is 0 Å². The van der Waals surface area contributed by atoms with Gasteiger partial charge in [0.25, 0.3) is 0 Å². The molecule has 0 aromatic carbocycles. The molecular formula is C22H27N5O2. The lowest BCUT2D eigenvalue weighted by Crippen LogP contribution is -2.38. The summed E-state index contributed by atoms with van der Waals surface area (Å²) in [5.74, 6) is 1.41. The second-order valence-corrected chi connectivity index (χ2v) is 7.95. The molecule has 5 heterocycles. The van der Waals surface area contributed by atoms with Crippen LogP contribution >= 0.6 is 0 Å². The molecule has 2 fully saturated rings. The van der Waals surface area contributed by atoms with E-state index in [1.54, 1.807) is 0 Å². The number of aliphatic hydroxyl groups excluding tert-OH is 1. The molecule has 0 spiro atoms. The van der Waals surface area contributed by atoms with E-state index in [1.165, 1.54) is 5.69 Å². The molecule has 0 aliphatic carbocycles. The predicted molar refractivity (Wildman–Crippen MR) is 116 cm³/mol. The van der Waals surface area contributed by atoms with Gasteiger partial charge in [-0.25, -0.2) is 4.98 Å². The molecule has 2 aromatic rings. The zero-order valence-electron chi connectivity index (χ0n) is 16.6. The Balaban J connectivity index is 1.61. The summed E-state index contributed by atoms with van der Waals surface area (Å²) in [6.45, 7) is 6.02. The normalized spacial score (nSPS) is 20.5. The van der Waals surface area contributed by atoms with Crippen LogP contribution in [0.3, 0.4) is 0 Å². The van der Waals surface area contributed by atoms with Crippen molar-refractivity contribution in [2.75, 3.05) is 62.3 Å². The highest BCUT2D eigenvalue weighted by Gasteiger charge is 2.24. The van der Waals surface area contributed by atoms with Gasteiger partial charge < -0.3 is 19.6 Å². The first kappa shape index (κ1) is 18.5. The Morgan fingerprint density at radius 3 is 2.66 bits per heavy atom. The predicted octanol–water partition coefficient (Wildman–Crippen LogP) is 2.14. The molecule has 1 N–H and O–H groups in total. The van der Waals surface area contributed by atoms with Crippen molar-refractivity contribution >= 4 is 34.2 Å². The standard InChI is InChI=1S/C22H27N5O2/c28-15-16-3-7-26(8-4-16)19-13-20(27-9-11-29-12-10-27)25-22-18(19)2-6-24-21(22)17-1-5-23-14-17/h1-2,5-6,13,16,28H,3-4,7-12,14-15H2. The highest BCUT2D eigenvalue weighted by Crippen LogP contribution is 2.35. The van der Waals surface area contributed by atoms with Crippen molar-refractivity contribution in [3.63, 3.8) is 0 Å². The zero-order chi connectivity index (χ0) is 19.6. The average Bonchev–Trinajstić information content (AvgIpc) is 3.33. The minimum atomic E-state index is 0.284. The Kier molecular flexibility index (Phi) is 5.16. The summed E-state index contributed by atoms with van der Waals surface area (Å²) >= 11 is 0. The van der Waals surface area contributed by atoms with Gasteiger partial charge in [-0.1, -0.05) is 0 Å². The summed E-state index contributed by atoms with van der Waals surface area (Å²) in [5.41, 5.74) is 4.22. The average molecular weight is 393 g/mol. The number of aromatic nitrogens is 2. The summed E-state index contributed by atoms with van der Waals surface area (Å²) in [7, 11) is 0. The van der Waals surface area contributed by atoms with Gasteiger partial charge in [-0.3, -0.25) is 9.98 Å². The SMILES string of the molecule is OCC1CCN(c2cc(N3CCOCC3)nc3c(C4=CC=NC4)nccc23)CC1. The largest absolute Gasteiger partial charge is 0.396 e. The van der Waals surface area contributed by atoms with Gasteiger partial charge in [-0.2, -0.15) is 0 Å². The molecule has 5 rings (SSSR count). The second-order valence-electron chi connectivity index (χ2n) is 7.95. The number of allylic oxidation sites excluding steroid dienone is 1. The number of piperidine rings is 1. The van der Waals surface area contributed by atoms with Crippen molar-refractivity contribution in [1.29, 1.82) is 0 Å². The van der Waals surface area contributed by atoms with Crippen LogP contribution in [0, 0.1) is 5.92 Å². The van der Waals surface area contributed by atoms with Crippen molar-refractivity contribution in [3.8, 4) is 0 Å². The number of nitrogens with zero attached hydrogens (tertiary/aromatic N) is 5. The third kappa shape index (κ3) is 3.60. The maximum atomic E-state index is 9.52. The maximum absolute atomic E-state index is 9.52. The Morgan fingerprint density at radius 1 is 1.10 bits per heavy atom. The topological polar surface area (TPSA) is 74.1 Å². The van der Waals surface area contributed by atoms with Crippen LogP contribution in [-0.2, 0) is 4.74 Å². The quantitative estimate of drug-likeness (QED) is 0.858. The molecule has 0 bridgehead atoms. The van der Waals surface area contributed by atoms with E-state index in [1.807, 2.05) is 18.5 Å². The van der Waals surface area contributed by atoms with Gasteiger partial charge in [0, 0.05) is 67.9 Å². The summed E-state index contributed by atoms with van der Waals surface area (Å²) in [5, 5.41) is 10.7. The van der Waals surface area contributed by atoms with Crippen molar-refractivity contribution in [1.82, 2.24) is 9.97 Å². The molecule has 152 valence electrons.